The molecule has 0 aromatic heterocycles. The average molecular weight is 424 g/mol. The van der Waals surface area contributed by atoms with Crippen LogP contribution in [0.15, 0.2) is 35.5 Å². The summed E-state index contributed by atoms with van der Waals surface area (Å²) in [5, 5.41) is 20.6. The fraction of sp³-hybridized carbons (Fsp3) is 0.714. The highest BCUT2D eigenvalue weighted by atomic mass is 16.3. The Labute approximate surface area is 188 Å². The van der Waals surface area contributed by atoms with Crippen molar-refractivity contribution in [3.8, 4) is 0 Å². The van der Waals surface area contributed by atoms with E-state index in [1.165, 1.54) is 17.6 Å². The molecule has 0 amide bonds. The fourth-order valence-corrected chi connectivity index (χ4v) is 8.23. The average Bonchev–Trinajstić information content (AvgIpc) is 3.03. The highest BCUT2D eigenvalue weighted by Gasteiger charge is 2.66. The van der Waals surface area contributed by atoms with Crippen LogP contribution in [0, 0.1) is 39.9 Å². The van der Waals surface area contributed by atoms with Gasteiger partial charge in [-0.25, -0.2) is 0 Å². The van der Waals surface area contributed by atoms with Crippen molar-refractivity contribution >= 4 is 11.5 Å². The minimum atomic E-state index is -0.612. The summed E-state index contributed by atoms with van der Waals surface area (Å²) in [5.41, 5.74) is 2.97. The Morgan fingerprint density at radius 1 is 1.06 bits per heavy atom. The van der Waals surface area contributed by atoms with Gasteiger partial charge in [-0.3, -0.25) is 4.79 Å². The van der Waals surface area contributed by atoms with Crippen LogP contribution < -0.4 is 0 Å². The van der Waals surface area contributed by atoms with Crippen molar-refractivity contribution in [2.75, 3.05) is 0 Å². The van der Waals surface area contributed by atoms with E-state index in [0.29, 0.717) is 30.1 Å². The molecule has 5 rings (SSSR count). The molecule has 5 aliphatic carbocycles. The zero-order chi connectivity index (χ0) is 22.6. The number of ketones is 1. The molecule has 5 aliphatic rings. The van der Waals surface area contributed by atoms with Gasteiger partial charge in [-0.15, -0.1) is 0 Å². The third-order valence-corrected chi connectivity index (χ3v) is 9.92. The van der Waals surface area contributed by atoms with E-state index in [4.69, 9.17) is 5.41 Å². The summed E-state index contributed by atoms with van der Waals surface area (Å²) in [6.07, 6.45) is 15.9. The zero-order valence-corrected chi connectivity index (χ0v) is 20.1. The molecule has 3 nitrogen and oxygen atoms in total. The van der Waals surface area contributed by atoms with Gasteiger partial charge in [0.2, 0.25) is 0 Å². The monoisotopic (exact) mass is 423 g/mol. The summed E-state index contributed by atoms with van der Waals surface area (Å²) < 4.78 is 0. The van der Waals surface area contributed by atoms with Gasteiger partial charge in [-0.2, -0.15) is 0 Å². The number of rotatable bonds is 1. The first-order valence-electron chi connectivity index (χ1n) is 12.6. The normalized spacial score (nSPS) is 46.1. The predicted molar refractivity (Wildman–Crippen MR) is 127 cm³/mol. The second-order valence-electron chi connectivity index (χ2n) is 11.1. The Bertz CT molecular complexity index is 866. The first kappa shape index (κ1) is 22.7. The van der Waals surface area contributed by atoms with Crippen molar-refractivity contribution in [3.63, 3.8) is 0 Å². The van der Waals surface area contributed by atoms with E-state index in [1.54, 1.807) is 6.08 Å². The molecule has 0 aromatic carbocycles. The van der Waals surface area contributed by atoms with E-state index in [-0.39, 0.29) is 16.6 Å². The molecule has 0 aromatic rings. The summed E-state index contributed by atoms with van der Waals surface area (Å²) in [4.78, 5) is 11.7. The predicted octanol–water partition coefficient (Wildman–Crippen LogP) is 6.43. The van der Waals surface area contributed by atoms with Gasteiger partial charge in [0, 0.05) is 17.5 Å². The molecule has 2 N–H and O–H groups in total. The third kappa shape index (κ3) is 3.17. The minimum absolute atomic E-state index is 0.102. The van der Waals surface area contributed by atoms with Crippen LogP contribution in [0.3, 0.4) is 0 Å². The topological polar surface area (TPSA) is 61.2 Å². The molecular formula is C28H41NO2. The van der Waals surface area contributed by atoms with Gasteiger partial charge >= 0.3 is 0 Å². The van der Waals surface area contributed by atoms with E-state index >= 15 is 0 Å². The SMILES string of the molecule is CC.C[C@@H]1CC2(C)C(=CC1=N)CCC1C2CCC2(C)C(C3=CCC(=O)C=C3)CCC12O. The maximum Gasteiger partial charge on any atom is 0.159 e. The molecule has 0 saturated heterocycles. The standard InChI is InChI=1S/C26H35NO2.C2H6/c1-16-15-24(2)18(14-23(16)27)6-9-22-21(24)10-12-25(3)20(11-13-26(22,25)29)17-4-7-19(28)8-5-17;1-2/h4-5,7,14,16,20-22,27,29H,6,8-13,15H2,1-3H3;1-2H3/t16-,20?,21?,22?,24?,25?,26?;/m1./s1. The molecule has 31 heavy (non-hydrogen) atoms. The molecule has 3 heteroatoms. The highest BCUT2D eigenvalue weighted by Crippen LogP contribution is 2.69. The first-order chi connectivity index (χ1) is 14.7. The molecule has 3 saturated carbocycles. The summed E-state index contributed by atoms with van der Waals surface area (Å²) in [5.74, 6) is 1.74. The number of nitrogens with one attached hydrogen (secondary N) is 1. The van der Waals surface area contributed by atoms with Crippen LogP contribution in [0.2, 0.25) is 0 Å². The smallest absolute Gasteiger partial charge is 0.159 e. The molecule has 0 heterocycles. The molecule has 0 bridgehead atoms. The molecule has 170 valence electrons. The Hall–Kier alpha value is -1.48. The Morgan fingerprint density at radius 2 is 1.81 bits per heavy atom. The fourth-order valence-electron chi connectivity index (χ4n) is 8.23. The number of hydrogen-bond donors (Lipinski definition) is 2. The summed E-state index contributed by atoms with van der Waals surface area (Å²) in [6, 6.07) is 0. The first-order valence-corrected chi connectivity index (χ1v) is 12.6. The second kappa shape index (κ2) is 7.83. The van der Waals surface area contributed by atoms with Crippen LogP contribution in [-0.2, 0) is 4.79 Å². The number of fused-ring (bicyclic) bond motifs is 5. The third-order valence-electron chi connectivity index (χ3n) is 9.92. The molecule has 3 fully saturated rings. The Morgan fingerprint density at radius 3 is 2.48 bits per heavy atom. The van der Waals surface area contributed by atoms with Gasteiger partial charge in [0.15, 0.2) is 5.78 Å². The van der Waals surface area contributed by atoms with Gasteiger partial charge in [0.05, 0.1) is 5.60 Å². The number of aliphatic hydroxyl groups is 1. The Balaban J connectivity index is 0.00000112. The molecule has 0 radical (unpaired) electrons. The quantitative estimate of drug-likeness (QED) is 0.510. The van der Waals surface area contributed by atoms with Gasteiger partial charge in [0.25, 0.3) is 0 Å². The van der Waals surface area contributed by atoms with E-state index in [2.05, 4.69) is 32.9 Å². The van der Waals surface area contributed by atoms with Gasteiger partial charge in [-0.1, -0.05) is 52.3 Å². The van der Waals surface area contributed by atoms with Crippen molar-refractivity contribution in [3.05, 3.63) is 35.5 Å². The maximum absolute atomic E-state index is 12.3. The zero-order valence-electron chi connectivity index (χ0n) is 20.1. The Kier molecular flexibility index (Phi) is 5.74. The summed E-state index contributed by atoms with van der Waals surface area (Å²) in [6.45, 7) is 11.0. The van der Waals surface area contributed by atoms with Crippen molar-refractivity contribution in [1.29, 1.82) is 5.41 Å². The molecule has 6 unspecified atom stereocenters. The van der Waals surface area contributed by atoms with Crippen LogP contribution in [0.4, 0.5) is 0 Å². The van der Waals surface area contributed by atoms with Gasteiger partial charge < -0.3 is 10.5 Å². The number of allylic oxidation sites excluding steroid dienone is 6. The van der Waals surface area contributed by atoms with E-state index < -0.39 is 5.60 Å². The number of carbonyl (C=O) groups is 1. The lowest BCUT2D eigenvalue weighted by molar-refractivity contribution is -0.180. The molecular weight excluding hydrogens is 382 g/mol. The van der Waals surface area contributed by atoms with Crippen molar-refractivity contribution in [2.45, 2.75) is 91.6 Å². The van der Waals surface area contributed by atoms with Crippen molar-refractivity contribution < 1.29 is 9.90 Å². The number of carbonyl (C=O) groups excluding carboxylic acids is 1. The van der Waals surface area contributed by atoms with Gasteiger partial charge in [-0.05, 0) is 91.8 Å². The van der Waals surface area contributed by atoms with E-state index in [0.717, 1.165) is 44.2 Å². The lowest BCUT2D eigenvalue weighted by atomic mass is 9.44. The summed E-state index contributed by atoms with van der Waals surface area (Å²) >= 11 is 0. The van der Waals surface area contributed by atoms with Crippen LogP contribution in [0.1, 0.15) is 86.0 Å². The largest absolute Gasteiger partial charge is 0.389 e. The van der Waals surface area contributed by atoms with Crippen LogP contribution >= 0.6 is 0 Å². The molecule has 0 spiro atoms. The minimum Gasteiger partial charge on any atom is -0.389 e. The molecule has 0 aliphatic heterocycles. The second-order valence-corrected chi connectivity index (χ2v) is 11.1. The van der Waals surface area contributed by atoms with Crippen LogP contribution in [0.25, 0.3) is 0 Å². The van der Waals surface area contributed by atoms with E-state index in [9.17, 15) is 9.90 Å². The lowest BCUT2D eigenvalue weighted by Gasteiger charge is -2.62. The maximum atomic E-state index is 12.3. The molecule has 7 atom stereocenters. The summed E-state index contributed by atoms with van der Waals surface area (Å²) in [7, 11) is 0. The van der Waals surface area contributed by atoms with Crippen molar-refractivity contribution in [2.24, 2.45) is 34.5 Å². The van der Waals surface area contributed by atoms with Crippen molar-refractivity contribution in [1.82, 2.24) is 0 Å². The highest BCUT2D eigenvalue weighted by molar-refractivity contribution is 5.96. The lowest BCUT2D eigenvalue weighted by Crippen LogP contribution is -2.61. The number of hydrogen-bond acceptors (Lipinski definition) is 3. The van der Waals surface area contributed by atoms with Gasteiger partial charge in [0.1, 0.15) is 0 Å². The van der Waals surface area contributed by atoms with E-state index in [1.807, 2.05) is 19.9 Å². The van der Waals surface area contributed by atoms with Crippen LogP contribution in [-0.4, -0.2) is 22.2 Å². The van der Waals surface area contributed by atoms with Crippen LogP contribution in [0.5, 0.6) is 0 Å².